The van der Waals surface area contributed by atoms with Gasteiger partial charge in [0.25, 0.3) is 0 Å². The Morgan fingerprint density at radius 2 is 2.10 bits per heavy atom. The summed E-state index contributed by atoms with van der Waals surface area (Å²) in [5, 5.41) is 3.61. The van der Waals surface area contributed by atoms with Gasteiger partial charge in [0.15, 0.2) is 0 Å². The summed E-state index contributed by atoms with van der Waals surface area (Å²) in [5.41, 5.74) is 3.00. The van der Waals surface area contributed by atoms with Crippen molar-refractivity contribution in [1.82, 2.24) is 9.97 Å². The van der Waals surface area contributed by atoms with Gasteiger partial charge in [0.1, 0.15) is 0 Å². The van der Waals surface area contributed by atoms with Crippen molar-refractivity contribution in [2.75, 3.05) is 11.9 Å². The van der Waals surface area contributed by atoms with Crippen LogP contribution in [-0.4, -0.2) is 28.7 Å². The van der Waals surface area contributed by atoms with Crippen LogP contribution in [0.3, 0.4) is 0 Å². The van der Waals surface area contributed by atoms with Gasteiger partial charge < -0.3 is 10.1 Å². The molecule has 0 radical (unpaired) electrons. The lowest BCUT2D eigenvalue weighted by molar-refractivity contribution is 0.00598. The molecular weight excluding hydrogens is 250 g/mol. The number of nitrogens with one attached hydrogen (secondary N) is 1. The van der Waals surface area contributed by atoms with Crippen LogP contribution in [0.15, 0.2) is 30.6 Å². The number of ether oxygens (including phenoxy) is 1. The number of anilines is 1. The van der Waals surface area contributed by atoms with Crippen LogP contribution < -0.4 is 5.32 Å². The predicted molar refractivity (Wildman–Crippen MR) is 80.8 cm³/mol. The lowest BCUT2D eigenvalue weighted by atomic mass is 10.00. The summed E-state index contributed by atoms with van der Waals surface area (Å²) in [4.78, 5) is 8.65. The molecule has 20 heavy (non-hydrogen) atoms. The molecule has 1 aliphatic heterocycles. The van der Waals surface area contributed by atoms with Crippen molar-refractivity contribution in [2.45, 2.75) is 44.8 Å². The van der Waals surface area contributed by atoms with Crippen LogP contribution in [0, 0.1) is 0 Å². The van der Waals surface area contributed by atoms with Crippen LogP contribution in [0.2, 0.25) is 0 Å². The van der Waals surface area contributed by atoms with Crippen molar-refractivity contribution in [3.8, 4) is 0 Å². The summed E-state index contributed by atoms with van der Waals surface area (Å²) in [6.07, 6.45) is 8.36. The van der Waals surface area contributed by atoms with Crippen LogP contribution in [-0.2, 0) is 4.74 Å². The smallest absolute Gasteiger partial charge is 0.0907 e. The quantitative estimate of drug-likeness (QED) is 0.926. The number of hydrogen-bond acceptors (Lipinski definition) is 4. The monoisotopic (exact) mass is 271 g/mol. The van der Waals surface area contributed by atoms with E-state index in [2.05, 4.69) is 34.3 Å². The number of benzene rings is 1. The molecule has 1 aromatic carbocycles. The Bertz CT molecular complexity index is 570. The van der Waals surface area contributed by atoms with Gasteiger partial charge in [0.2, 0.25) is 0 Å². The van der Waals surface area contributed by atoms with Crippen LogP contribution in [0.1, 0.15) is 32.6 Å². The first kappa shape index (κ1) is 13.3. The number of rotatable bonds is 4. The number of fused-ring (bicyclic) bond motifs is 1. The molecule has 0 bridgehead atoms. The molecule has 0 spiro atoms. The topological polar surface area (TPSA) is 47.0 Å². The summed E-state index contributed by atoms with van der Waals surface area (Å²) in [6.45, 7) is 3.07. The number of hydrogen-bond donors (Lipinski definition) is 1. The molecule has 4 nitrogen and oxygen atoms in total. The molecule has 1 fully saturated rings. The fourth-order valence-electron chi connectivity index (χ4n) is 2.82. The summed E-state index contributed by atoms with van der Waals surface area (Å²) in [6, 6.07) is 6.68. The Morgan fingerprint density at radius 1 is 1.25 bits per heavy atom. The van der Waals surface area contributed by atoms with E-state index in [1.165, 1.54) is 6.42 Å². The Balaban J connectivity index is 1.69. The van der Waals surface area contributed by atoms with E-state index in [0.717, 1.165) is 42.6 Å². The van der Waals surface area contributed by atoms with Gasteiger partial charge in [-0.15, -0.1) is 0 Å². The molecule has 1 saturated heterocycles. The number of nitrogens with zero attached hydrogens (tertiary/aromatic N) is 2. The highest BCUT2D eigenvalue weighted by atomic mass is 16.5. The van der Waals surface area contributed by atoms with Crippen LogP contribution in [0.5, 0.6) is 0 Å². The maximum absolute atomic E-state index is 5.79. The molecule has 2 unspecified atom stereocenters. The second-order valence-electron chi connectivity index (χ2n) is 5.41. The van der Waals surface area contributed by atoms with E-state index in [4.69, 9.17) is 4.74 Å². The first-order chi connectivity index (χ1) is 9.85. The Kier molecular flexibility index (Phi) is 4.11. The molecule has 2 atom stereocenters. The van der Waals surface area contributed by atoms with E-state index in [1.807, 2.05) is 6.07 Å². The van der Waals surface area contributed by atoms with Crippen LogP contribution >= 0.6 is 0 Å². The van der Waals surface area contributed by atoms with Crippen molar-refractivity contribution >= 4 is 16.7 Å². The first-order valence-corrected chi connectivity index (χ1v) is 7.44. The van der Waals surface area contributed by atoms with Gasteiger partial charge in [-0.1, -0.05) is 13.3 Å². The Morgan fingerprint density at radius 3 is 2.95 bits per heavy atom. The van der Waals surface area contributed by atoms with Crippen molar-refractivity contribution in [3.63, 3.8) is 0 Å². The minimum Gasteiger partial charge on any atom is -0.382 e. The largest absolute Gasteiger partial charge is 0.382 e. The predicted octanol–water partition coefficient (Wildman–Crippen LogP) is 3.39. The lowest BCUT2D eigenvalue weighted by Gasteiger charge is -2.30. The van der Waals surface area contributed by atoms with Gasteiger partial charge >= 0.3 is 0 Å². The summed E-state index contributed by atoms with van der Waals surface area (Å²) < 4.78 is 5.79. The van der Waals surface area contributed by atoms with E-state index < -0.39 is 0 Å². The van der Waals surface area contributed by atoms with E-state index in [0.29, 0.717) is 12.1 Å². The van der Waals surface area contributed by atoms with E-state index in [-0.39, 0.29) is 0 Å². The zero-order chi connectivity index (χ0) is 13.8. The van der Waals surface area contributed by atoms with Gasteiger partial charge in [-0.3, -0.25) is 9.97 Å². The fourth-order valence-corrected chi connectivity index (χ4v) is 2.82. The third-order valence-corrected chi connectivity index (χ3v) is 3.82. The first-order valence-electron chi connectivity index (χ1n) is 7.44. The van der Waals surface area contributed by atoms with Crippen LogP contribution in [0.25, 0.3) is 11.0 Å². The highest BCUT2D eigenvalue weighted by molar-refractivity contribution is 5.78. The third kappa shape index (κ3) is 3.07. The van der Waals surface area contributed by atoms with Gasteiger partial charge in [0.05, 0.1) is 17.1 Å². The van der Waals surface area contributed by atoms with Crippen molar-refractivity contribution in [3.05, 3.63) is 30.6 Å². The van der Waals surface area contributed by atoms with E-state index >= 15 is 0 Å². The van der Waals surface area contributed by atoms with E-state index in [1.54, 1.807) is 12.4 Å². The van der Waals surface area contributed by atoms with Gasteiger partial charge in [-0.2, -0.15) is 0 Å². The SMILES string of the molecule is CCCC1CC(Nc2ccc3nccnc3c2)CCO1. The molecule has 0 aliphatic carbocycles. The number of aromatic nitrogens is 2. The summed E-state index contributed by atoms with van der Waals surface area (Å²) in [5.74, 6) is 0. The Hall–Kier alpha value is -1.68. The van der Waals surface area contributed by atoms with Gasteiger partial charge in [-0.25, -0.2) is 0 Å². The molecule has 1 aromatic heterocycles. The maximum atomic E-state index is 5.79. The summed E-state index contributed by atoms with van der Waals surface area (Å²) in [7, 11) is 0. The molecular formula is C16H21N3O. The second kappa shape index (κ2) is 6.18. The normalized spacial score (nSPS) is 22.9. The van der Waals surface area contributed by atoms with Crippen molar-refractivity contribution in [1.29, 1.82) is 0 Å². The van der Waals surface area contributed by atoms with Crippen molar-refractivity contribution in [2.24, 2.45) is 0 Å². The molecule has 1 aliphatic rings. The molecule has 0 saturated carbocycles. The van der Waals surface area contributed by atoms with Gasteiger partial charge in [0, 0.05) is 30.7 Å². The highest BCUT2D eigenvalue weighted by Crippen LogP contribution is 2.22. The standard InChI is InChI=1S/C16H21N3O/c1-2-3-14-10-13(6-9-20-14)19-12-4-5-15-16(11-12)18-8-7-17-15/h4-5,7-8,11,13-14,19H,2-3,6,9-10H2,1H3. The minimum absolute atomic E-state index is 0.409. The molecule has 3 rings (SSSR count). The molecule has 2 heterocycles. The lowest BCUT2D eigenvalue weighted by Crippen LogP contribution is -2.33. The maximum Gasteiger partial charge on any atom is 0.0907 e. The zero-order valence-electron chi connectivity index (χ0n) is 11.9. The van der Waals surface area contributed by atoms with Crippen LogP contribution in [0.4, 0.5) is 5.69 Å². The average molecular weight is 271 g/mol. The van der Waals surface area contributed by atoms with E-state index in [9.17, 15) is 0 Å². The minimum atomic E-state index is 0.409. The Labute approximate surface area is 119 Å². The molecule has 1 N–H and O–H groups in total. The van der Waals surface area contributed by atoms with Gasteiger partial charge in [-0.05, 0) is 37.5 Å². The molecule has 4 heteroatoms. The second-order valence-corrected chi connectivity index (χ2v) is 5.41. The van der Waals surface area contributed by atoms with Crippen molar-refractivity contribution < 1.29 is 4.74 Å². The zero-order valence-corrected chi connectivity index (χ0v) is 11.9. The highest BCUT2D eigenvalue weighted by Gasteiger charge is 2.21. The molecule has 106 valence electrons. The average Bonchev–Trinajstić information content (AvgIpc) is 2.48. The summed E-state index contributed by atoms with van der Waals surface area (Å²) >= 11 is 0. The fraction of sp³-hybridized carbons (Fsp3) is 0.500. The molecule has 0 amide bonds. The molecule has 2 aromatic rings. The third-order valence-electron chi connectivity index (χ3n) is 3.82.